The Morgan fingerprint density at radius 1 is 1.46 bits per heavy atom. The van der Waals surface area contributed by atoms with Crippen LogP contribution in [0.4, 0.5) is 4.39 Å². The molecule has 0 spiro atoms. The summed E-state index contributed by atoms with van der Waals surface area (Å²) in [5.74, 6) is -0.492. The fraction of sp³-hybridized carbons (Fsp3) is 0.375. The Morgan fingerprint density at radius 3 is 2.69 bits per heavy atom. The van der Waals surface area contributed by atoms with E-state index in [1.807, 2.05) is 0 Å². The van der Waals surface area contributed by atoms with Crippen molar-refractivity contribution in [2.24, 2.45) is 0 Å². The van der Waals surface area contributed by atoms with Gasteiger partial charge in [-0.3, -0.25) is 0 Å². The number of hydrogen-bond acceptors (Lipinski definition) is 3. The van der Waals surface area contributed by atoms with Crippen LogP contribution in [0.3, 0.4) is 0 Å². The van der Waals surface area contributed by atoms with Crippen LogP contribution in [-0.2, 0) is 0 Å². The number of aromatic nitrogens is 1. The Bertz CT molecular complexity index is 328. The molecule has 0 aliphatic heterocycles. The monoisotopic (exact) mass is 181 g/mol. The molecule has 1 aromatic heterocycles. The van der Waals surface area contributed by atoms with Crippen LogP contribution < -0.4 is 5.46 Å². The lowest BCUT2D eigenvalue weighted by Gasteiger charge is -2.07. The van der Waals surface area contributed by atoms with Gasteiger partial charge in [-0.1, -0.05) is 0 Å². The number of hydrogen-bond donors (Lipinski definition) is 2. The zero-order chi connectivity index (χ0) is 9.42. The van der Waals surface area contributed by atoms with E-state index >= 15 is 0 Å². The summed E-state index contributed by atoms with van der Waals surface area (Å²) >= 11 is 0. The molecular weight excluding hydrogens is 172 g/mol. The second-order valence-electron chi connectivity index (χ2n) is 3.25. The summed E-state index contributed by atoms with van der Waals surface area (Å²) in [6.45, 7) is 0. The lowest BCUT2D eigenvalue weighted by atomic mass is 9.77. The van der Waals surface area contributed by atoms with Crippen LogP contribution in [0.2, 0.25) is 0 Å². The molecule has 2 N–H and O–H groups in total. The van der Waals surface area contributed by atoms with Crippen LogP contribution in [-0.4, -0.2) is 22.2 Å². The maximum atomic E-state index is 13.1. The Kier molecular flexibility index (Phi) is 2.05. The van der Waals surface area contributed by atoms with Gasteiger partial charge in [0.1, 0.15) is 0 Å². The molecule has 2 rings (SSSR count). The Hall–Kier alpha value is -0.935. The van der Waals surface area contributed by atoms with E-state index in [4.69, 9.17) is 10.0 Å². The van der Waals surface area contributed by atoms with E-state index in [0.29, 0.717) is 5.56 Å². The van der Waals surface area contributed by atoms with E-state index in [1.54, 1.807) is 6.07 Å². The van der Waals surface area contributed by atoms with Crippen LogP contribution >= 0.6 is 0 Å². The zero-order valence-electron chi connectivity index (χ0n) is 6.94. The van der Waals surface area contributed by atoms with Crippen LogP contribution in [0.1, 0.15) is 24.3 Å². The summed E-state index contributed by atoms with van der Waals surface area (Å²) in [5, 5.41) is 17.9. The largest absolute Gasteiger partial charge is 0.493 e. The third-order valence-corrected chi connectivity index (χ3v) is 2.25. The third-order valence-electron chi connectivity index (χ3n) is 2.25. The minimum atomic E-state index is -1.76. The molecule has 0 aromatic carbocycles. The third kappa shape index (κ3) is 1.57. The first-order chi connectivity index (χ1) is 6.20. The first-order valence-corrected chi connectivity index (χ1v) is 4.20. The summed E-state index contributed by atoms with van der Waals surface area (Å²) in [4.78, 5) is 3.38. The van der Waals surface area contributed by atoms with Crippen LogP contribution in [0.5, 0.6) is 0 Å². The molecule has 3 nitrogen and oxygen atoms in total. The van der Waals surface area contributed by atoms with Crippen molar-refractivity contribution in [2.45, 2.75) is 18.8 Å². The van der Waals surface area contributed by atoms with Crippen molar-refractivity contribution >= 4 is 12.6 Å². The average Bonchev–Trinajstić information content (AvgIpc) is 2.85. The average molecular weight is 181 g/mol. The minimum Gasteiger partial charge on any atom is -0.423 e. The molecule has 0 radical (unpaired) electrons. The van der Waals surface area contributed by atoms with Gasteiger partial charge in [-0.05, 0) is 30.4 Å². The SMILES string of the molecule is OB(O)c1c(C2CC2)ccnc1F. The molecular formula is C8H9BFNO2. The Morgan fingerprint density at radius 2 is 2.15 bits per heavy atom. The lowest BCUT2D eigenvalue weighted by Crippen LogP contribution is -2.36. The molecule has 13 heavy (non-hydrogen) atoms. The molecule has 1 aromatic rings. The van der Waals surface area contributed by atoms with Crippen molar-refractivity contribution < 1.29 is 14.4 Å². The summed E-state index contributed by atoms with van der Waals surface area (Å²) < 4.78 is 13.1. The predicted molar refractivity (Wildman–Crippen MR) is 46.0 cm³/mol. The molecule has 68 valence electrons. The highest BCUT2D eigenvalue weighted by Gasteiger charge is 2.31. The van der Waals surface area contributed by atoms with Crippen molar-refractivity contribution in [2.75, 3.05) is 0 Å². The molecule has 1 heterocycles. The molecule has 0 amide bonds. The zero-order valence-corrected chi connectivity index (χ0v) is 6.94. The Balaban J connectivity index is 2.47. The fourth-order valence-electron chi connectivity index (χ4n) is 1.47. The topological polar surface area (TPSA) is 53.4 Å². The van der Waals surface area contributed by atoms with Crippen LogP contribution in [0.15, 0.2) is 12.3 Å². The van der Waals surface area contributed by atoms with Crippen molar-refractivity contribution in [3.05, 3.63) is 23.8 Å². The first kappa shape index (κ1) is 8.65. The van der Waals surface area contributed by atoms with Gasteiger partial charge in [0.25, 0.3) is 0 Å². The highest BCUT2D eigenvalue weighted by atomic mass is 19.1. The van der Waals surface area contributed by atoms with E-state index in [9.17, 15) is 4.39 Å². The van der Waals surface area contributed by atoms with E-state index in [0.717, 1.165) is 12.8 Å². The minimum absolute atomic E-state index is 0.0648. The fourth-order valence-corrected chi connectivity index (χ4v) is 1.47. The van der Waals surface area contributed by atoms with E-state index in [1.165, 1.54) is 6.20 Å². The summed E-state index contributed by atoms with van der Waals surface area (Å²) in [7, 11) is -1.76. The maximum Gasteiger partial charge on any atom is 0.493 e. The van der Waals surface area contributed by atoms with Crippen LogP contribution in [0.25, 0.3) is 0 Å². The van der Waals surface area contributed by atoms with E-state index in [2.05, 4.69) is 4.98 Å². The summed E-state index contributed by atoms with van der Waals surface area (Å²) in [6.07, 6.45) is 3.33. The summed E-state index contributed by atoms with van der Waals surface area (Å²) in [5.41, 5.74) is 0.618. The summed E-state index contributed by atoms with van der Waals surface area (Å²) in [6, 6.07) is 1.65. The van der Waals surface area contributed by atoms with Gasteiger partial charge in [0.15, 0.2) is 0 Å². The number of rotatable bonds is 2. The highest BCUT2D eigenvalue weighted by Crippen LogP contribution is 2.39. The number of nitrogens with zero attached hydrogens (tertiary/aromatic N) is 1. The van der Waals surface area contributed by atoms with Gasteiger partial charge in [-0.25, -0.2) is 4.98 Å². The van der Waals surface area contributed by atoms with Gasteiger partial charge in [0, 0.05) is 11.7 Å². The van der Waals surface area contributed by atoms with Crippen molar-refractivity contribution in [3.8, 4) is 0 Å². The van der Waals surface area contributed by atoms with Crippen LogP contribution in [0, 0.1) is 5.95 Å². The standard InChI is InChI=1S/C8H9BFNO2/c10-8-7(9(12)13)6(3-4-11-8)5-1-2-5/h3-5,12-13H,1-2H2. The number of pyridine rings is 1. The van der Waals surface area contributed by atoms with Gasteiger partial charge in [-0.2, -0.15) is 4.39 Å². The highest BCUT2D eigenvalue weighted by molar-refractivity contribution is 6.59. The van der Waals surface area contributed by atoms with E-state index in [-0.39, 0.29) is 11.4 Å². The van der Waals surface area contributed by atoms with Gasteiger partial charge in [-0.15, -0.1) is 0 Å². The molecule has 0 bridgehead atoms. The molecule has 1 aliphatic carbocycles. The normalized spacial score (nSPS) is 15.9. The molecule has 0 unspecified atom stereocenters. The van der Waals surface area contributed by atoms with Gasteiger partial charge in [0.05, 0.1) is 0 Å². The van der Waals surface area contributed by atoms with Gasteiger partial charge < -0.3 is 10.0 Å². The molecule has 0 atom stereocenters. The van der Waals surface area contributed by atoms with Gasteiger partial charge in [0.2, 0.25) is 5.95 Å². The van der Waals surface area contributed by atoms with Gasteiger partial charge >= 0.3 is 7.12 Å². The first-order valence-electron chi connectivity index (χ1n) is 4.20. The van der Waals surface area contributed by atoms with Crippen molar-refractivity contribution in [1.82, 2.24) is 4.98 Å². The van der Waals surface area contributed by atoms with Crippen molar-refractivity contribution in [3.63, 3.8) is 0 Å². The quantitative estimate of drug-likeness (QED) is 0.489. The molecule has 5 heteroatoms. The molecule has 1 aliphatic rings. The second kappa shape index (κ2) is 3.08. The number of halogens is 1. The molecule has 1 fully saturated rings. The Labute approximate surface area is 75.4 Å². The smallest absolute Gasteiger partial charge is 0.423 e. The molecule has 1 saturated carbocycles. The second-order valence-corrected chi connectivity index (χ2v) is 3.25. The predicted octanol–water partition coefficient (Wildman–Crippen LogP) is -0.222. The lowest BCUT2D eigenvalue weighted by molar-refractivity contribution is 0.421. The maximum absolute atomic E-state index is 13.1. The van der Waals surface area contributed by atoms with E-state index < -0.39 is 13.1 Å². The molecule has 0 saturated heterocycles. The van der Waals surface area contributed by atoms with Crippen molar-refractivity contribution in [1.29, 1.82) is 0 Å².